The fourth-order valence-corrected chi connectivity index (χ4v) is 0.632. The third-order valence-electron chi connectivity index (χ3n) is 1.46. The third-order valence-corrected chi connectivity index (χ3v) is 1.46. The van der Waals surface area contributed by atoms with Crippen molar-refractivity contribution in [2.75, 3.05) is 13.1 Å². The molecule has 7 nitrogen and oxygen atoms in total. The first-order valence-electron chi connectivity index (χ1n) is 4.56. The largest absolute Gasteiger partial charge is 0.480 e. The Bertz CT molecular complexity index is 187. The number of rotatable bonds is 6. The van der Waals surface area contributed by atoms with Gasteiger partial charge >= 0.3 is 11.9 Å². The van der Waals surface area contributed by atoms with Gasteiger partial charge in [-0.3, -0.25) is 9.59 Å². The van der Waals surface area contributed by atoms with Gasteiger partial charge in [0.25, 0.3) is 0 Å². The molecule has 0 aliphatic rings. The molecular formula is C8H19N3O4. The van der Waals surface area contributed by atoms with E-state index in [2.05, 4.69) is 5.73 Å². The van der Waals surface area contributed by atoms with E-state index in [0.29, 0.717) is 13.0 Å². The molecule has 0 bridgehead atoms. The lowest BCUT2D eigenvalue weighted by molar-refractivity contribution is -0.138. The average molecular weight is 221 g/mol. The molecule has 0 fully saturated rings. The van der Waals surface area contributed by atoms with Gasteiger partial charge in [-0.1, -0.05) is 6.42 Å². The summed E-state index contributed by atoms with van der Waals surface area (Å²) in [5.74, 6) is -1.90. The second kappa shape index (κ2) is 10.9. The molecule has 0 saturated carbocycles. The van der Waals surface area contributed by atoms with Crippen LogP contribution in [0.2, 0.25) is 0 Å². The molecule has 0 spiro atoms. The summed E-state index contributed by atoms with van der Waals surface area (Å²) < 4.78 is 0. The summed E-state index contributed by atoms with van der Waals surface area (Å²) in [6.45, 7) is 0.326. The Balaban J connectivity index is 0. The highest BCUT2D eigenvalue weighted by Gasteiger charge is 2.09. The minimum Gasteiger partial charge on any atom is -0.480 e. The van der Waals surface area contributed by atoms with Gasteiger partial charge in [0.05, 0.1) is 6.54 Å². The molecule has 0 radical (unpaired) electrons. The van der Waals surface area contributed by atoms with Crippen molar-refractivity contribution in [3.63, 3.8) is 0 Å². The zero-order chi connectivity index (χ0) is 12.3. The lowest BCUT2D eigenvalue weighted by Crippen LogP contribution is -2.29. The summed E-state index contributed by atoms with van der Waals surface area (Å²) in [6, 6.07) is -0.716. The van der Waals surface area contributed by atoms with Crippen molar-refractivity contribution in [2.24, 2.45) is 17.2 Å². The molecule has 0 heterocycles. The van der Waals surface area contributed by atoms with Crippen LogP contribution in [0.25, 0.3) is 0 Å². The van der Waals surface area contributed by atoms with Gasteiger partial charge < -0.3 is 27.4 Å². The number of carbonyl (C=O) groups is 2. The number of carboxylic acids is 2. The van der Waals surface area contributed by atoms with Crippen molar-refractivity contribution < 1.29 is 19.8 Å². The molecule has 0 rings (SSSR count). The number of unbranched alkanes of at least 4 members (excludes halogenated alkanes) is 1. The maximum atomic E-state index is 10.1. The highest BCUT2D eigenvalue weighted by molar-refractivity contribution is 5.72. The molecule has 1 atom stereocenters. The Morgan fingerprint density at radius 3 is 1.87 bits per heavy atom. The van der Waals surface area contributed by atoms with Crippen LogP contribution in [0.5, 0.6) is 0 Å². The van der Waals surface area contributed by atoms with Crippen LogP contribution >= 0.6 is 0 Å². The van der Waals surface area contributed by atoms with E-state index in [-0.39, 0.29) is 6.54 Å². The number of aliphatic carboxylic acids is 2. The highest BCUT2D eigenvalue weighted by Crippen LogP contribution is 1.96. The Morgan fingerprint density at radius 2 is 1.60 bits per heavy atom. The predicted molar refractivity (Wildman–Crippen MR) is 55.2 cm³/mol. The minimum atomic E-state index is -0.968. The quantitative estimate of drug-likeness (QED) is 0.344. The molecule has 0 aliphatic heterocycles. The van der Waals surface area contributed by atoms with Crippen LogP contribution in [-0.4, -0.2) is 41.3 Å². The molecule has 90 valence electrons. The zero-order valence-corrected chi connectivity index (χ0v) is 8.56. The molecule has 7 heteroatoms. The maximum absolute atomic E-state index is 10.1. The van der Waals surface area contributed by atoms with Crippen molar-refractivity contribution in [1.82, 2.24) is 0 Å². The maximum Gasteiger partial charge on any atom is 0.320 e. The second-order valence-corrected chi connectivity index (χ2v) is 2.83. The van der Waals surface area contributed by atoms with Gasteiger partial charge in [0.15, 0.2) is 0 Å². The molecular weight excluding hydrogens is 202 g/mol. The molecule has 0 saturated heterocycles. The van der Waals surface area contributed by atoms with Gasteiger partial charge in [0, 0.05) is 0 Å². The van der Waals surface area contributed by atoms with Crippen LogP contribution in [0, 0.1) is 0 Å². The highest BCUT2D eigenvalue weighted by atomic mass is 16.4. The molecule has 0 amide bonds. The zero-order valence-electron chi connectivity index (χ0n) is 8.56. The summed E-state index contributed by atoms with van der Waals surface area (Å²) in [5, 5.41) is 15.9. The van der Waals surface area contributed by atoms with E-state index < -0.39 is 18.0 Å². The molecule has 0 aromatic rings. The van der Waals surface area contributed by atoms with Crippen LogP contribution in [0.1, 0.15) is 19.3 Å². The molecule has 15 heavy (non-hydrogen) atoms. The Hall–Kier alpha value is -1.18. The molecule has 0 unspecified atom stereocenters. The molecule has 0 aromatic carbocycles. The first-order valence-corrected chi connectivity index (χ1v) is 4.56. The summed E-state index contributed by atoms with van der Waals surface area (Å²) in [4.78, 5) is 19.4. The standard InChI is InChI=1S/C6H14N2O2.C2H5NO2/c7-4-2-1-3-5(8)6(9)10;3-1-2(4)5/h5H,1-4,7-8H2,(H,9,10);1,3H2,(H,4,5)/t5-;/m0./s1. The van der Waals surface area contributed by atoms with Gasteiger partial charge in [-0.25, -0.2) is 0 Å². The third kappa shape index (κ3) is 15.6. The van der Waals surface area contributed by atoms with E-state index in [1.807, 2.05) is 0 Å². The summed E-state index contributed by atoms with van der Waals surface area (Å²) in [5.41, 5.74) is 15.0. The average Bonchev–Trinajstić information content (AvgIpc) is 2.18. The van der Waals surface area contributed by atoms with E-state index >= 15 is 0 Å². The van der Waals surface area contributed by atoms with Crippen LogP contribution in [0.3, 0.4) is 0 Å². The normalized spacial score (nSPS) is 11.1. The van der Waals surface area contributed by atoms with E-state index in [1.165, 1.54) is 0 Å². The van der Waals surface area contributed by atoms with Gasteiger partial charge in [-0.05, 0) is 19.4 Å². The summed E-state index contributed by atoms with van der Waals surface area (Å²) in [7, 11) is 0. The topological polar surface area (TPSA) is 153 Å². The number of hydrogen-bond acceptors (Lipinski definition) is 5. The minimum absolute atomic E-state index is 0.278. The lowest BCUT2D eigenvalue weighted by atomic mass is 10.1. The van der Waals surface area contributed by atoms with Crippen LogP contribution < -0.4 is 17.2 Å². The second-order valence-electron chi connectivity index (χ2n) is 2.83. The fraction of sp³-hybridized carbons (Fsp3) is 0.750. The Labute approximate surface area is 88.2 Å². The van der Waals surface area contributed by atoms with E-state index in [9.17, 15) is 9.59 Å². The molecule has 0 aromatic heterocycles. The van der Waals surface area contributed by atoms with E-state index in [0.717, 1.165) is 12.8 Å². The number of nitrogens with two attached hydrogens (primary N) is 3. The van der Waals surface area contributed by atoms with Crippen molar-refractivity contribution in [3.05, 3.63) is 0 Å². The van der Waals surface area contributed by atoms with Crippen LogP contribution in [-0.2, 0) is 9.59 Å². The number of hydrogen-bond donors (Lipinski definition) is 5. The van der Waals surface area contributed by atoms with Gasteiger partial charge in [0.2, 0.25) is 0 Å². The van der Waals surface area contributed by atoms with Crippen molar-refractivity contribution in [1.29, 1.82) is 0 Å². The Kier molecular flexibility index (Phi) is 11.8. The van der Waals surface area contributed by atoms with Crippen LogP contribution in [0.15, 0.2) is 0 Å². The van der Waals surface area contributed by atoms with Crippen molar-refractivity contribution >= 4 is 11.9 Å². The Morgan fingerprint density at radius 1 is 1.13 bits per heavy atom. The van der Waals surface area contributed by atoms with Crippen LogP contribution in [0.4, 0.5) is 0 Å². The van der Waals surface area contributed by atoms with Gasteiger partial charge in [0.1, 0.15) is 6.04 Å². The first-order chi connectivity index (χ1) is 6.95. The van der Waals surface area contributed by atoms with E-state index in [4.69, 9.17) is 21.7 Å². The van der Waals surface area contributed by atoms with Crippen molar-refractivity contribution in [3.8, 4) is 0 Å². The van der Waals surface area contributed by atoms with Gasteiger partial charge in [-0.2, -0.15) is 0 Å². The van der Waals surface area contributed by atoms with E-state index in [1.54, 1.807) is 0 Å². The molecule has 0 aliphatic carbocycles. The summed E-state index contributed by atoms with van der Waals surface area (Å²) in [6.07, 6.45) is 2.16. The lowest BCUT2D eigenvalue weighted by Gasteiger charge is -2.03. The van der Waals surface area contributed by atoms with Crippen molar-refractivity contribution in [2.45, 2.75) is 25.3 Å². The SMILES string of the molecule is NCC(=O)O.NCCCC[C@H](N)C(=O)O. The fourth-order valence-electron chi connectivity index (χ4n) is 0.632. The molecule has 8 N–H and O–H groups in total. The smallest absolute Gasteiger partial charge is 0.320 e. The number of carboxylic acid groups (broad SMARTS) is 2. The predicted octanol–water partition coefficient (Wildman–Crippen LogP) is -1.44. The van der Waals surface area contributed by atoms with Gasteiger partial charge in [-0.15, -0.1) is 0 Å². The monoisotopic (exact) mass is 221 g/mol. The first kappa shape index (κ1) is 16.3. The summed E-state index contributed by atoms with van der Waals surface area (Å²) >= 11 is 0.